The maximum Gasteiger partial charge on any atom is 0.417 e. The topological polar surface area (TPSA) is 65.1 Å². The van der Waals surface area contributed by atoms with E-state index in [1.807, 2.05) is 11.8 Å². The number of carbonyl (C=O) groups excluding carboxylic acids is 1. The molecule has 1 N–H and O–H groups in total. The molecular weight excluding hydrogens is 335 g/mol. The first kappa shape index (κ1) is 17.4. The Labute approximate surface area is 142 Å². The minimum absolute atomic E-state index is 0.0876. The standard InChI is InChI=1S/C16H18F3N5O/c1-11-8-23(9-12-6-21-22-14(12)10-25)4-5-24(11)15-3-2-13(7-20-15)16(17,18)19/h2-3,6-7,10-11H,4-5,8-9H2,1H3,(H,21,22). The number of carbonyl (C=O) groups is 1. The zero-order valence-corrected chi connectivity index (χ0v) is 13.6. The van der Waals surface area contributed by atoms with E-state index in [0.717, 1.165) is 30.7 Å². The number of rotatable bonds is 4. The summed E-state index contributed by atoms with van der Waals surface area (Å²) in [5, 5.41) is 6.52. The van der Waals surface area contributed by atoms with Crippen molar-refractivity contribution < 1.29 is 18.0 Å². The number of H-pyrrole nitrogens is 1. The first-order valence-corrected chi connectivity index (χ1v) is 7.88. The number of hydrogen-bond acceptors (Lipinski definition) is 5. The maximum absolute atomic E-state index is 12.6. The fourth-order valence-electron chi connectivity index (χ4n) is 3.03. The van der Waals surface area contributed by atoms with Crippen LogP contribution in [0.5, 0.6) is 0 Å². The number of aromatic nitrogens is 3. The van der Waals surface area contributed by atoms with Gasteiger partial charge in [-0.05, 0) is 19.1 Å². The molecule has 2 aromatic rings. The normalized spacial score (nSPS) is 19.2. The van der Waals surface area contributed by atoms with Gasteiger partial charge >= 0.3 is 6.18 Å². The third kappa shape index (κ3) is 3.81. The lowest BCUT2D eigenvalue weighted by Crippen LogP contribution is -2.51. The van der Waals surface area contributed by atoms with Gasteiger partial charge in [-0.15, -0.1) is 0 Å². The van der Waals surface area contributed by atoms with Crippen LogP contribution in [-0.4, -0.2) is 52.0 Å². The Morgan fingerprint density at radius 2 is 2.12 bits per heavy atom. The predicted octanol–water partition coefficient (Wildman–Crippen LogP) is 2.35. The molecule has 9 heteroatoms. The molecule has 1 fully saturated rings. The number of piperazine rings is 1. The van der Waals surface area contributed by atoms with E-state index in [0.29, 0.717) is 31.1 Å². The van der Waals surface area contributed by atoms with Crippen molar-refractivity contribution in [1.29, 1.82) is 0 Å². The first-order chi connectivity index (χ1) is 11.9. The van der Waals surface area contributed by atoms with Gasteiger partial charge in [0.1, 0.15) is 11.5 Å². The lowest BCUT2D eigenvalue weighted by atomic mass is 10.1. The highest BCUT2D eigenvalue weighted by molar-refractivity contribution is 5.73. The Kier molecular flexibility index (Phi) is 4.76. The second-order valence-electron chi connectivity index (χ2n) is 6.11. The van der Waals surface area contributed by atoms with Crippen molar-refractivity contribution in [3.8, 4) is 0 Å². The fourth-order valence-corrected chi connectivity index (χ4v) is 3.03. The van der Waals surface area contributed by atoms with E-state index < -0.39 is 11.7 Å². The lowest BCUT2D eigenvalue weighted by Gasteiger charge is -2.40. The van der Waals surface area contributed by atoms with Crippen LogP contribution in [0.2, 0.25) is 0 Å². The van der Waals surface area contributed by atoms with E-state index in [9.17, 15) is 18.0 Å². The number of pyridine rings is 1. The van der Waals surface area contributed by atoms with Crippen LogP contribution in [-0.2, 0) is 12.7 Å². The van der Waals surface area contributed by atoms with Gasteiger partial charge in [0.2, 0.25) is 0 Å². The summed E-state index contributed by atoms with van der Waals surface area (Å²) in [5.41, 5.74) is 0.562. The van der Waals surface area contributed by atoms with E-state index in [1.54, 1.807) is 6.20 Å². The number of anilines is 1. The highest BCUT2D eigenvalue weighted by atomic mass is 19.4. The largest absolute Gasteiger partial charge is 0.417 e. The Balaban J connectivity index is 1.64. The molecule has 0 bridgehead atoms. The number of nitrogens with one attached hydrogen (secondary N) is 1. The van der Waals surface area contributed by atoms with Gasteiger partial charge in [0.05, 0.1) is 11.8 Å². The third-order valence-corrected chi connectivity index (χ3v) is 4.34. The molecule has 0 spiro atoms. The Morgan fingerprint density at radius 1 is 1.32 bits per heavy atom. The van der Waals surface area contributed by atoms with Crippen LogP contribution in [0.15, 0.2) is 24.5 Å². The number of nitrogens with zero attached hydrogens (tertiary/aromatic N) is 4. The first-order valence-electron chi connectivity index (χ1n) is 7.88. The van der Waals surface area contributed by atoms with Crippen molar-refractivity contribution in [3.05, 3.63) is 41.3 Å². The van der Waals surface area contributed by atoms with E-state index in [-0.39, 0.29) is 6.04 Å². The molecule has 1 aliphatic rings. The van der Waals surface area contributed by atoms with Gasteiger partial charge < -0.3 is 4.90 Å². The van der Waals surface area contributed by atoms with E-state index in [1.165, 1.54) is 6.07 Å². The van der Waals surface area contributed by atoms with Gasteiger partial charge in [-0.3, -0.25) is 14.8 Å². The van der Waals surface area contributed by atoms with Crippen molar-refractivity contribution >= 4 is 12.1 Å². The van der Waals surface area contributed by atoms with Crippen LogP contribution in [0.25, 0.3) is 0 Å². The summed E-state index contributed by atoms with van der Waals surface area (Å²) in [7, 11) is 0. The molecule has 0 radical (unpaired) electrons. The number of aromatic amines is 1. The molecule has 1 unspecified atom stereocenters. The number of halogens is 3. The van der Waals surface area contributed by atoms with Gasteiger partial charge in [-0.25, -0.2) is 4.98 Å². The lowest BCUT2D eigenvalue weighted by molar-refractivity contribution is -0.137. The average Bonchev–Trinajstić information content (AvgIpc) is 3.01. The Morgan fingerprint density at radius 3 is 2.72 bits per heavy atom. The molecular formula is C16H18F3N5O. The minimum atomic E-state index is -4.38. The quantitative estimate of drug-likeness (QED) is 0.855. The summed E-state index contributed by atoms with van der Waals surface area (Å²) in [6.07, 6.45) is -1.13. The minimum Gasteiger partial charge on any atom is -0.351 e. The van der Waals surface area contributed by atoms with Gasteiger partial charge in [-0.1, -0.05) is 0 Å². The molecule has 1 aliphatic heterocycles. The molecule has 134 valence electrons. The number of hydrogen-bond donors (Lipinski definition) is 1. The van der Waals surface area contributed by atoms with Crippen LogP contribution in [0, 0.1) is 0 Å². The van der Waals surface area contributed by atoms with Crippen molar-refractivity contribution in [2.75, 3.05) is 24.5 Å². The monoisotopic (exact) mass is 353 g/mol. The zero-order chi connectivity index (χ0) is 18.0. The maximum atomic E-state index is 12.6. The van der Waals surface area contributed by atoms with Crippen LogP contribution >= 0.6 is 0 Å². The highest BCUT2D eigenvalue weighted by Crippen LogP contribution is 2.30. The molecule has 3 rings (SSSR count). The SMILES string of the molecule is CC1CN(Cc2cn[nH]c2C=O)CCN1c1ccc(C(F)(F)F)cn1. The smallest absolute Gasteiger partial charge is 0.351 e. The van der Waals surface area contributed by atoms with E-state index in [2.05, 4.69) is 20.1 Å². The van der Waals surface area contributed by atoms with Gasteiger partial charge in [0.15, 0.2) is 6.29 Å². The second-order valence-corrected chi connectivity index (χ2v) is 6.11. The van der Waals surface area contributed by atoms with Crippen LogP contribution in [0.1, 0.15) is 28.5 Å². The molecule has 0 aromatic carbocycles. The van der Waals surface area contributed by atoms with Crippen molar-refractivity contribution in [2.24, 2.45) is 0 Å². The van der Waals surface area contributed by atoms with E-state index >= 15 is 0 Å². The molecule has 6 nitrogen and oxygen atoms in total. The van der Waals surface area contributed by atoms with Crippen LogP contribution in [0.3, 0.4) is 0 Å². The third-order valence-electron chi connectivity index (χ3n) is 4.34. The summed E-state index contributed by atoms with van der Waals surface area (Å²) in [6, 6.07) is 2.56. The van der Waals surface area contributed by atoms with Crippen LogP contribution in [0.4, 0.5) is 19.0 Å². The summed E-state index contributed by atoms with van der Waals surface area (Å²) in [4.78, 5) is 19.1. The Bertz CT molecular complexity index is 728. The highest BCUT2D eigenvalue weighted by Gasteiger charge is 2.31. The van der Waals surface area contributed by atoms with Gasteiger partial charge in [0, 0.05) is 44.0 Å². The summed E-state index contributed by atoms with van der Waals surface area (Å²) in [6.45, 7) is 4.68. The summed E-state index contributed by atoms with van der Waals surface area (Å²) >= 11 is 0. The molecule has 0 aliphatic carbocycles. The second kappa shape index (κ2) is 6.83. The van der Waals surface area contributed by atoms with Crippen molar-refractivity contribution in [1.82, 2.24) is 20.1 Å². The number of alkyl halides is 3. The van der Waals surface area contributed by atoms with Crippen molar-refractivity contribution in [3.63, 3.8) is 0 Å². The van der Waals surface area contributed by atoms with Gasteiger partial charge in [0.25, 0.3) is 0 Å². The van der Waals surface area contributed by atoms with Gasteiger partial charge in [-0.2, -0.15) is 18.3 Å². The average molecular weight is 353 g/mol. The predicted molar refractivity (Wildman–Crippen MR) is 85.3 cm³/mol. The summed E-state index contributed by atoms with van der Waals surface area (Å²) < 4.78 is 37.9. The molecule has 1 saturated heterocycles. The molecule has 25 heavy (non-hydrogen) atoms. The summed E-state index contributed by atoms with van der Waals surface area (Å²) in [5.74, 6) is 0.539. The number of aldehydes is 1. The molecule has 0 amide bonds. The van der Waals surface area contributed by atoms with Crippen molar-refractivity contribution in [2.45, 2.75) is 25.7 Å². The molecule has 2 aromatic heterocycles. The fraction of sp³-hybridized carbons (Fsp3) is 0.438. The van der Waals surface area contributed by atoms with Crippen LogP contribution < -0.4 is 4.90 Å². The molecule has 3 heterocycles. The molecule has 0 saturated carbocycles. The Hall–Kier alpha value is -2.42. The molecule has 1 atom stereocenters. The van der Waals surface area contributed by atoms with E-state index in [4.69, 9.17) is 0 Å². The zero-order valence-electron chi connectivity index (χ0n) is 13.6.